The largest absolute Gasteiger partial charge is 0.352 e. The molecule has 3 rings (SSSR count). The highest BCUT2D eigenvalue weighted by Gasteiger charge is 2.37. The number of aryl methyl sites for hydroxylation is 1. The topological polar surface area (TPSA) is 125 Å². The number of hydrogen-bond acceptors (Lipinski definition) is 6. The lowest BCUT2D eigenvalue weighted by atomic mass is 10.1. The standard InChI is InChI=1S/C26H30N4O5S/c1-17(13-19-5-3-2-4-6-19)29-24(33)16-28-23(32)15-27-22(31)12-9-18-7-10-20(11-8-18)30-25(34)14-21(36)26(30)35/h2-8,10-11,17,21,36H,9,12-16H2,1H3,(H,27,31)(H,28,32)(H,29,33). The van der Waals surface area contributed by atoms with Crippen LogP contribution in [-0.4, -0.2) is 53.9 Å². The molecule has 0 bridgehead atoms. The first-order valence-electron chi connectivity index (χ1n) is 11.7. The second-order valence-corrected chi connectivity index (χ2v) is 9.29. The Hall–Kier alpha value is -3.66. The summed E-state index contributed by atoms with van der Waals surface area (Å²) in [6.45, 7) is 1.49. The van der Waals surface area contributed by atoms with Gasteiger partial charge in [-0.25, -0.2) is 4.90 Å². The highest BCUT2D eigenvalue weighted by molar-refractivity contribution is 7.82. The minimum Gasteiger partial charge on any atom is -0.352 e. The summed E-state index contributed by atoms with van der Waals surface area (Å²) in [6, 6.07) is 16.5. The number of rotatable bonds is 11. The summed E-state index contributed by atoms with van der Waals surface area (Å²) in [6.07, 6.45) is 1.34. The number of amides is 5. The predicted molar refractivity (Wildman–Crippen MR) is 138 cm³/mol. The van der Waals surface area contributed by atoms with E-state index in [2.05, 4.69) is 28.6 Å². The molecular formula is C26H30N4O5S. The van der Waals surface area contributed by atoms with Crippen LogP contribution in [0.1, 0.15) is 30.9 Å². The van der Waals surface area contributed by atoms with Crippen molar-refractivity contribution in [3.63, 3.8) is 0 Å². The van der Waals surface area contributed by atoms with Crippen molar-refractivity contribution < 1.29 is 24.0 Å². The minimum atomic E-state index is -0.615. The third-order valence-electron chi connectivity index (χ3n) is 5.64. The number of imide groups is 1. The molecule has 1 heterocycles. The SMILES string of the molecule is CC(Cc1ccccc1)NC(=O)CNC(=O)CNC(=O)CCc1ccc(N2C(=O)CC(S)C2=O)cc1. The first-order chi connectivity index (χ1) is 17.2. The van der Waals surface area contributed by atoms with Gasteiger partial charge in [-0.15, -0.1) is 0 Å². The summed E-state index contributed by atoms with van der Waals surface area (Å²) in [4.78, 5) is 61.3. The Balaban J connectivity index is 1.32. The average Bonchev–Trinajstić information content (AvgIpc) is 3.11. The van der Waals surface area contributed by atoms with Crippen LogP contribution >= 0.6 is 12.6 Å². The zero-order chi connectivity index (χ0) is 26.1. The molecule has 1 aliphatic rings. The fourth-order valence-corrected chi connectivity index (χ4v) is 4.08. The lowest BCUT2D eigenvalue weighted by molar-refractivity contribution is -0.127. The molecule has 10 heteroatoms. The molecule has 2 unspecified atom stereocenters. The van der Waals surface area contributed by atoms with E-state index in [1.807, 2.05) is 37.3 Å². The Morgan fingerprint density at radius 1 is 0.917 bits per heavy atom. The van der Waals surface area contributed by atoms with E-state index < -0.39 is 11.2 Å². The van der Waals surface area contributed by atoms with Crippen molar-refractivity contribution in [1.82, 2.24) is 16.0 Å². The van der Waals surface area contributed by atoms with Crippen molar-refractivity contribution in [2.24, 2.45) is 0 Å². The van der Waals surface area contributed by atoms with Crippen LogP contribution in [0.25, 0.3) is 0 Å². The van der Waals surface area contributed by atoms with Crippen LogP contribution in [0.15, 0.2) is 54.6 Å². The second-order valence-electron chi connectivity index (χ2n) is 8.67. The van der Waals surface area contributed by atoms with Gasteiger partial charge in [0.15, 0.2) is 0 Å². The van der Waals surface area contributed by atoms with Gasteiger partial charge in [-0.2, -0.15) is 12.6 Å². The van der Waals surface area contributed by atoms with Crippen LogP contribution in [-0.2, 0) is 36.8 Å². The van der Waals surface area contributed by atoms with Gasteiger partial charge in [0.25, 0.3) is 0 Å². The maximum atomic E-state index is 12.1. The quantitative estimate of drug-likeness (QED) is 0.267. The van der Waals surface area contributed by atoms with Crippen molar-refractivity contribution in [3.8, 4) is 0 Å². The zero-order valence-corrected chi connectivity index (χ0v) is 20.9. The van der Waals surface area contributed by atoms with Gasteiger partial charge in [0.05, 0.1) is 24.0 Å². The number of carbonyl (C=O) groups is 5. The molecule has 9 nitrogen and oxygen atoms in total. The van der Waals surface area contributed by atoms with E-state index in [1.54, 1.807) is 24.3 Å². The number of nitrogens with one attached hydrogen (secondary N) is 3. The highest BCUT2D eigenvalue weighted by atomic mass is 32.1. The van der Waals surface area contributed by atoms with Crippen LogP contribution in [0.3, 0.4) is 0 Å². The number of hydrogen-bond donors (Lipinski definition) is 4. The van der Waals surface area contributed by atoms with Crippen LogP contribution in [0.5, 0.6) is 0 Å². The Bertz CT molecular complexity index is 1110. The molecule has 0 saturated carbocycles. The molecule has 190 valence electrons. The average molecular weight is 511 g/mol. The van der Waals surface area contributed by atoms with Gasteiger partial charge in [-0.05, 0) is 43.0 Å². The Morgan fingerprint density at radius 3 is 2.19 bits per heavy atom. The lowest BCUT2D eigenvalue weighted by Crippen LogP contribution is -2.44. The van der Waals surface area contributed by atoms with Crippen LogP contribution in [0, 0.1) is 0 Å². The molecule has 36 heavy (non-hydrogen) atoms. The second kappa shape index (κ2) is 12.9. The van der Waals surface area contributed by atoms with E-state index in [-0.39, 0.29) is 55.6 Å². The third kappa shape index (κ3) is 7.94. The zero-order valence-electron chi connectivity index (χ0n) is 20.0. The molecule has 1 saturated heterocycles. The summed E-state index contributed by atoms with van der Waals surface area (Å²) < 4.78 is 0. The van der Waals surface area contributed by atoms with Crippen molar-refractivity contribution in [1.29, 1.82) is 0 Å². The maximum absolute atomic E-state index is 12.1. The van der Waals surface area contributed by atoms with Gasteiger partial charge >= 0.3 is 0 Å². The number of nitrogens with zero attached hydrogens (tertiary/aromatic N) is 1. The number of carbonyl (C=O) groups excluding carboxylic acids is 5. The Kier molecular flexibility index (Phi) is 9.63. The number of thiol groups is 1. The summed E-state index contributed by atoms with van der Waals surface area (Å²) in [5, 5.41) is 7.24. The fourth-order valence-electron chi connectivity index (χ4n) is 3.81. The minimum absolute atomic E-state index is 0.0789. The van der Waals surface area contributed by atoms with Gasteiger partial charge < -0.3 is 16.0 Å². The van der Waals surface area contributed by atoms with E-state index in [0.717, 1.165) is 16.0 Å². The third-order valence-corrected chi connectivity index (χ3v) is 6.05. The molecule has 0 aliphatic carbocycles. The molecule has 0 radical (unpaired) electrons. The summed E-state index contributed by atoms with van der Waals surface area (Å²) in [5.74, 6) is -1.69. The van der Waals surface area contributed by atoms with Gasteiger partial charge in [0.1, 0.15) is 0 Å². The lowest BCUT2D eigenvalue weighted by Gasteiger charge is -2.15. The van der Waals surface area contributed by atoms with Gasteiger partial charge in [-0.1, -0.05) is 42.5 Å². The molecule has 1 aliphatic heterocycles. The number of benzene rings is 2. The van der Waals surface area contributed by atoms with Crippen LogP contribution in [0.4, 0.5) is 5.69 Å². The smallest absolute Gasteiger partial charge is 0.247 e. The Labute approximate surface area is 215 Å². The van der Waals surface area contributed by atoms with Gasteiger partial charge in [-0.3, -0.25) is 24.0 Å². The van der Waals surface area contributed by atoms with Crippen LogP contribution < -0.4 is 20.9 Å². The molecule has 2 aromatic rings. The summed E-state index contributed by atoms with van der Waals surface area (Å²) >= 11 is 4.11. The first kappa shape index (κ1) is 26.9. The van der Waals surface area contributed by atoms with E-state index >= 15 is 0 Å². The van der Waals surface area contributed by atoms with Crippen molar-refractivity contribution in [2.45, 2.75) is 43.9 Å². The molecule has 3 N–H and O–H groups in total. The molecular weight excluding hydrogens is 480 g/mol. The maximum Gasteiger partial charge on any atom is 0.247 e. The molecule has 0 aromatic heterocycles. The van der Waals surface area contributed by atoms with Gasteiger partial charge in [0.2, 0.25) is 29.5 Å². The molecule has 2 aromatic carbocycles. The number of anilines is 1. The highest BCUT2D eigenvalue weighted by Crippen LogP contribution is 2.25. The monoisotopic (exact) mass is 510 g/mol. The normalized spacial score (nSPS) is 15.9. The van der Waals surface area contributed by atoms with Gasteiger partial charge in [0, 0.05) is 18.9 Å². The van der Waals surface area contributed by atoms with Crippen molar-refractivity contribution in [2.75, 3.05) is 18.0 Å². The summed E-state index contributed by atoms with van der Waals surface area (Å²) in [7, 11) is 0. The van der Waals surface area contributed by atoms with E-state index in [1.165, 1.54) is 0 Å². The molecule has 2 atom stereocenters. The van der Waals surface area contributed by atoms with Crippen molar-refractivity contribution >= 4 is 47.9 Å². The summed E-state index contributed by atoms with van der Waals surface area (Å²) in [5.41, 5.74) is 2.43. The van der Waals surface area contributed by atoms with E-state index in [4.69, 9.17) is 0 Å². The Morgan fingerprint density at radius 2 is 1.56 bits per heavy atom. The molecule has 0 spiro atoms. The first-order valence-corrected chi connectivity index (χ1v) is 12.2. The predicted octanol–water partition coefficient (Wildman–Crippen LogP) is 1.16. The van der Waals surface area contributed by atoms with Crippen molar-refractivity contribution in [3.05, 3.63) is 65.7 Å². The molecule has 1 fully saturated rings. The fraction of sp³-hybridized carbons (Fsp3) is 0.346. The van der Waals surface area contributed by atoms with E-state index in [9.17, 15) is 24.0 Å². The van der Waals surface area contributed by atoms with E-state index in [0.29, 0.717) is 18.5 Å². The van der Waals surface area contributed by atoms with Crippen LogP contribution in [0.2, 0.25) is 0 Å². The molecule has 5 amide bonds.